The van der Waals surface area contributed by atoms with Gasteiger partial charge >= 0.3 is 0 Å². The summed E-state index contributed by atoms with van der Waals surface area (Å²) in [6, 6.07) is 1.87. The van der Waals surface area contributed by atoms with Crippen molar-refractivity contribution in [3.63, 3.8) is 0 Å². The van der Waals surface area contributed by atoms with Crippen LogP contribution in [0, 0.1) is 0 Å². The summed E-state index contributed by atoms with van der Waals surface area (Å²) < 4.78 is 0.650. The number of nitrogens with one attached hydrogen (secondary N) is 2. The lowest BCUT2D eigenvalue weighted by molar-refractivity contribution is 0.425. The van der Waals surface area contributed by atoms with E-state index in [1.165, 1.54) is 11.3 Å². The van der Waals surface area contributed by atoms with Crippen molar-refractivity contribution in [1.29, 1.82) is 0 Å². The van der Waals surface area contributed by atoms with Crippen LogP contribution in [0.1, 0.15) is 0 Å². The molecule has 3 rings (SSSR count). The highest BCUT2D eigenvalue weighted by atomic mass is 35.5. The van der Waals surface area contributed by atoms with E-state index in [2.05, 4.69) is 25.4 Å². The fraction of sp³-hybridized carbons (Fsp3) is 0.308. The Kier molecular flexibility index (Phi) is 3.79. The summed E-state index contributed by atoms with van der Waals surface area (Å²) in [5.41, 5.74) is 1.28. The van der Waals surface area contributed by atoms with Gasteiger partial charge in [-0.3, -0.25) is 4.79 Å². The van der Waals surface area contributed by atoms with Crippen molar-refractivity contribution >= 4 is 49.9 Å². The first-order valence-electron chi connectivity index (χ1n) is 6.42. The molecule has 3 aromatic heterocycles. The van der Waals surface area contributed by atoms with Crippen molar-refractivity contribution in [1.82, 2.24) is 20.1 Å². The van der Waals surface area contributed by atoms with Gasteiger partial charge in [-0.05, 0) is 25.5 Å². The highest BCUT2D eigenvalue weighted by Crippen LogP contribution is 2.26. The quantitative estimate of drug-likeness (QED) is 0.769. The van der Waals surface area contributed by atoms with Crippen LogP contribution in [-0.2, 0) is 0 Å². The molecule has 21 heavy (non-hydrogen) atoms. The molecule has 3 aromatic rings. The molecule has 8 heteroatoms. The van der Waals surface area contributed by atoms with Gasteiger partial charge in [-0.2, -0.15) is 0 Å². The first-order chi connectivity index (χ1) is 10.1. The van der Waals surface area contributed by atoms with Gasteiger partial charge in [0.1, 0.15) is 0 Å². The van der Waals surface area contributed by atoms with Gasteiger partial charge in [0.25, 0.3) is 0 Å². The average molecular weight is 324 g/mol. The van der Waals surface area contributed by atoms with Crippen molar-refractivity contribution in [3.05, 3.63) is 26.8 Å². The molecule has 0 aliphatic rings. The van der Waals surface area contributed by atoms with E-state index >= 15 is 0 Å². The van der Waals surface area contributed by atoms with Gasteiger partial charge < -0.3 is 15.2 Å². The fourth-order valence-corrected chi connectivity index (χ4v) is 3.11. The molecule has 0 saturated carbocycles. The minimum atomic E-state index is -0.107. The van der Waals surface area contributed by atoms with E-state index in [4.69, 9.17) is 11.6 Å². The lowest BCUT2D eigenvalue weighted by Crippen LogP contribution is -2.21. The molecule has 0 aliphatic carbocycles. The Morgan fingerprint density at radius 2 is 2.24 bits per heavy atom. The van der Waals surface area contributed by atoms with Crippen molar-refractivity contribution in [2.24, 2.45) is 0 Å². The third kappa shape index (κ3) is 2.59. The lowest BCUT2D eigenvalue weighted by Gasteiger charge is -2.12. The highest BCUT2D eigenvalue weighted by Gasteiger charge is 2.15. The maximum absolute atomic E-state index is 12.5. The van der Waals surface area contributed by atoms with Crippen LogP contribution in [0.25, 0.3) is 21.1 Å². The molecule has 0 aromatic carbocycles. The Bertz CT molecular complexity index is 857. The van der Waals surface area contributed by atoms with Crippen LogP contribution in [0.2, 0.25) is 5.15 Å². The number of nitrogens with zero attached hydrogens (tertiary/aromatic N) is 3. The number of halogens is 1. The number of rotatable bonds is 4. The van der Waals surface area contributed by atoms with E-state index in [9.17, 15) is 4.79 Å². The van der Waals surface area contributed by atoms with Gasteiger partial charge in [-0.15, -0.1) is 21.5 Å². The number of hydrogen-bond donors (Lipinski definition) is 2. The van der Waals surface area contributed by atoms with Gasteiger partial charge in [0.05, 0.1) is 21.1 Å². The van der Waals surface area contributed by atoms with Crippen LogP contribution in [-0.4, -0.2) is 47.3 Å². The molecule has 6 nitrogen and oxygen atoms in total. The predicted octanol–water partition coefficient (Wildman–Crippen LogP) is 2.16. The molecule has 0 amide bonds. The Morgan fingerprint density at radius 3 is 3.00 bits per heavy atom. The van der Waals surface area contributed by atoms with Crippen LogP contribution in [0.3, 0.4) is 0 Å². The highest BCUT2D eigenvalue weighted by molar-refractivity contribution is 7.17. The SMILES string of the molecule is CN(C)CCNc1nnc(Cl)c2c(=O)c3sccc3[nH]c12. The number of aromatic amines is 1. The van der Waals surface area contributed by atoms with Crippen LogP contribution in [0.15, 0.2) is 16.2 Å². The number of thiophene rings is 1. The van der Waals surface area contributed by atoms with Gasteiger partial charge in [0.15, 0.2) is 11.0 Å². The zero-order valence-electron chi connectivity index (χ0n) is 11.6. The molecule has 0 saturated heterocycles. The lowest BCUT2D eigenvalue weighted by atomic mass is 10.2. The van der Waals surface area contributed by atoms with E-state index in [1.54, 1.807) is 0 Å². The fourth-order valence-electron chi connectivity index (χ4n) is 2.10. The number of likely N-dealkylation sites (N-methyl/N-ethyl adjacent to an activating group) is 1. The van der Waals surface area contributed by atoms with Gasteiger partial charge in [-0.1, -0.05) is 11.6 Å². The number of aromatic nitrogens is 3. The van der Waals surface area contributed by atoms with E-state index in [0.29, 0.717) is 28.0 Å². The van der Waals surface area contributed by atoms with Gasteiger partial charge in [0.2, 0.25) is 5.43 Å². The summed E-state index contributed by atoms with van der Waals surface area (Å²) in [5, 5.41) is 13.5. The largest absolute Gasteiger partial charge is 0.366 e. The zero-order valence-corrected chi connectivity index (χ0v) is 13.2. The first kappa shape index (κ1) is 14.2. The van der Waals surface area contributed by atoms with E-state index in [1.807, 2.05) is 25.5 Å². The average Bonchev–Trinajstić information content (AvgIpc) is 2.89. The van der Waals surface area contributed by atoms with E-state index in [0.717, 1.165) is 12.1 Å². The molecule has 2 N–H and O–H groups in total. The Hall–Kier alpha value is -1.70. The summed E-state index contributed by atoms with van der Waals surface area (Å²) in [4.78, 5) is 17.8. The molecular formula is C13H14ClN5OS. The number of anilines is 1. The van der Waals surface area contributed by atoms with Crippen molar-refractivity contribution in [3.8, 4) is 0 Å². The number of fused-ring (bicyclic) bond motifs is 2. The molecular weight excluding hydrogens is 310 g/mol. The first-order valence-corrected chi connectivity index (χ1v) is 7.67. The monoisotopic (exact) mass is 323 g/mol. The van der Waals surface area contributed by atoms with E-state index in [-0.39, 0.29) is 10.6 Å². The molecule has 0 spiro atoms. The molecule has 0 aliphatic heterocycles. The van der Waals surface area contributed by atoms with Gasteiger partial charge in [0, 0.05) is 13.1 Å². The van der Waals surface area contributed by atoms with Crippen LogP contribution < -0.4 is 10.7 Å². The van der Waals surface area contributed by atoms with Gasteiger partial charge in [-0.25, -0.2) is 0 Å². The van der Waals surface area contributed by atoms with E-state index < -0.39 is 0 Å². The zero-order chi connectivity index (χ0) is 15.0. The predicted molar refractivity (Wildman–Crippen MR) is 87.6 cm³/mol. The number of hydrogen-bond acceptors (Lipinski definition) is 6. The summed E-state index contributed by atoms with van der Waals surface area (Å²) in [7, 11) is 3.98. The van der Waals surface area contributed by atoms with Crippen LogP contribution >= 0.6 is 22.9 Å². The Labute approximate surface area is 129 Å². The number of H-pyrrole nitrogens is 1. The van der Waals surface area contributed by atoms with Crippen molar-refractivity contribution < 1.29 is 0 Å². The molecule has 0 atom stereocenters. The topological polar surface area (TPSA) is 73.9 Å². The molecule has 3 heterocycles. The molecule has 0 fully saturated rings. The summed E-state index contributed by atoms with van der Waals surface area (Å²) in [6.45, 7) is 1.54. The maximum Gasteiger partial charge on any atom is 0.210 e. The molecule has 110 valence electrons. The molecule has 0 radical (unpaired) electrons. The second-order valence-electron chi connectivity index (χ2n) is 4.94. The summed E-state index contributed by atoms with van der Waals surface area (Å²) in [5.74, 6) is 0.543. The summed E-state index contributed by atoms with van der Waals surface area (Å²) >= 11 is 7.45. The van der Waals surface area contributed by atoms with Crippen molar-refractivity contribution in [2.45, 2.75) is 0 Å². The minimum Gasteiger partial charge on any atom is -0.366 e. The third-order valence-electron chi connectivity index (χ3n) is 3.14. The third-order valence-corrected chi connectivity index (χ3v) is 4.32. The molecule has 0 bridgehead atoms. The Morgan fingerprint density at radius 1 is 1.43 bits per heavy atom. The van der Waals surface area contributed by atoms with Crippen LogP contribution in [0.5, 0.6) is 0 Å². The second kappa shape index (κ2) is 5.59. The number of pyridine rings is 1. The maximum atomic E-state index is 12.5. The standard InChI is InChI=1S/C13H14ClN5OS/c1-19(2)5-4-15-13-9-8(12(14)17-18-13)10(20)11-7(16-9)3-6-21-11/h3,6H,4-5H2,1-2H3,(H,15,18)(H,16,20). The molecule has 0 unspecified atom stereocenters. The Balaban J connectivity index is 2.15. The van der Waals surface area contributed by atoms with Crippen LogP contribution in [0.4, 0.5) is 5.82 Å². The summed E-state index contributed by atoms with van der Waals surface area (Å²) in [6.07, 6.45) is 0. The van der Waals surface area contributed by atoms with Crippen molar-refractivity contribution in [2.75, 3.05) is 32.5 Å². The smallest absolute Gasteiger partial charge is 0.210 e. The normalized spacial score (nSPS) is 11.6. The second-order valence-corrected chi connectivity index (χ2v) is 6.21. The minimum absolute atomic E-state index is 0.107.